The minimum absolute atomic E-state index is 0.0770. The molecule has 638 valence electrons. The highest BCUT2D eigenvalue weighted by Crippen LogP contribution is 2.56. The van der Waals surface area contributed by atoms with Gasteiger partial charge in [0, 0.05) is 55.8 Å². The van der Waals surface area contributed by atoms with Gasteiger partial charge >= 0.3 is 0 Å². The number of nitrogens with zero attached hydrogens (tertiary/aromatic N) is 3. The van der Waals surface area contributed by atoms with Gasteiger partial charge in [0.15, 0.2) is 0 Å². The minimum atomic E-state index is -0.283. The molecule has 13 aromatic carbocycles. The summed E-state index contributed by atoms with van der Waals surface area (Å²) in [7, 11) is 0. The first-order chi connectivity index (χ1) is 60.6. The molecule has 2 aliphatic heterocycles. The number of hydrogen-bond donors (Lipinski definition) is 0. The van der Waals surface area contributed by atoms with Gasteiger partial charge in [-0.25, -0.2) is 0 Å². The third-order valence-corrected chi connectivity index (χ3v) is 30.5. The molecule has 3 heterocycles. The van der Waals surface area contributed by atoms with Crippen LogP contribution in [0.2, 0.25) is 0 Å². The van der Waals surface area contributed by atoms with E-state index in [1.54, 1.807) is 0 Å². The first-order valence-electron chi connectivity index (χ1n) is 48.7. The number of benzene rings is 13. The van der Waals surface area contributed by atoms with Gasteiger partial charge in [0.1, 0.15) is 0 Å². The van der Waals surface area contributed by atoms with Gasteiger partial charge < -0.3 is 14.4 Å². The van der Waals surface area contributed by atoms with Gasteiger partial charge in [-0.15, -0.1) is 0 Å². The first-order valence-corrected chi connectivity index (χ1v) is 48.7. The average molecular weight is 1650 g/mol. The maximum Gasteiger partial charge on any atom is 0.252 e. The Kier molecular flexibility index (Phi) is 21.8. The van der Waals surface area contributed by atoms with E-state index >= 15 is 0 Å². The molecule has 4 aliphatic carbocycles. The molecule has 20 rings (SSSR count). The van der Waals surface area contributed by atoms with E-state index in [1.807, 2.05) is 0 Å². The summed E-state index contributed by atoms with van der Waals surface area (Å²) in [6.07, 6.45) is 25.3. The highest BCUT2D eigenvalue weighted by Gasteiger charge is 2.47. The molecule has 0 amide bonds. The summed E-state index contributed by atoms with van der Waals surface area (Å²) in [5.74, 6) is 2.06. The Hall–Kier alpha value is -10.7. The maximum absolute atomic E-state index is 2.87. The monoisotopic (exact) mass is 1650 g/mol. The summed E-state index contributed by atoms with van der Waals surface area (Å²) >= 11 is 0. The van der Waals surface area contributed by atoms with Gasteiger partial charge in [0.25, 0.3) is 6.71 Å². The molecule has 4 fully saturated rings. The van der Waals surface area contributed by atoms with Gasteiger partial charge in [0.2, 0.25) is 0 Å². The van der Waals surface area contributed by atoms with Crippen LogP contribution in [0.3, 0.4) is 0 Å². The van der Waals surface area contributed by atoms with Crippen LogP contribution in [0.5, 0.6) is 0 Å². The lowest BCUT2D eigenvalue weighted by molar-refractivity contribution is 0.443. The Morgan fingerprint density at radius 1 is 0.238 bits per heavy atom. The summed E-state index contributed by atoms with van der Waals surface area (Å²) in [4.78, 5) is 5.73. The quantitative estimate of drug-likeness (QED) is 0.107. The van der Waals surface area contributed by atoms with Gasteiger partial charge in [0.05, 0.1) is 28.1 Å². The van der Waals surface area contributed by atoms with Crippen molar-refractivity contribution < 1.29 is 0 Å². The lowest BCUT2D eigenvalue weighted by Gasteiger charge is -2.46. The minimum Gasteiger partial charge on any atom is -0.310 e. The molecule has 14 aromatic rings. The fraction of sp³-hybridized carbons (Fsp3) is 0.361. The molecule has 4 saturated carbocycles. The highest BCUT2D eigenvalue weighted by molar-refractivity contribution is 7.00. The second-order valence-electron chi connectivity index (χ2n) is 44.2. The van der Waals surface area contributed by atoms with Crippen LogP contribution in [-0.4, -0.2) is 11.3 Å². The molecule has 1 aromatic heterocycles. The molecule has 0 spiro atoms. The Bertz CT molecular complexity index is 5940. The Morgan fingerprint density at radius 3 is 0.905 bits per heavy atom. The molecular formula is C122H132BN3. The van der Waals surface area contributed by atoms with Crippen LogP contribution in [0.4, 0.5) is 34.1 Å². The van der Waals surface area contributed by atoms with E-state index in [2.05, 4.69) is 379 Å². The fourth-order valence-electron chi connectivity index (χ4n) is 23.1. The molecular weight excluding hydrogens is 1520 g/mol. The van der Waals surface area contributed by atoms with Crippen LogP contribution in [0.15, 0.2) is 261 Å². The van der Waals surface area contributed by atoms with Crippen molar-refractivity contribution in [2.45, 2.75) is 283 Å². The van der Waals surface area contributed by atoms with E-state index in [-0.39, 0.29) is 33.8 Å². The molecule has 6 aliphatic rings. The van der Waals surface area contributed by atoms with Crippen molar-refractivity contribution in [1.82, 2.24) is 4.57 Å². The van der Waals surface area contributed by atoms with Crippen LogP contribution >= 0.6 is 0 Å². The predicted molar refractivity (Wildman–Crippen MR) is 544 cm³/mol. The molecule has 0 unspecified atom stereocenters. The van der Waals surface area contributed by atoms with Gasteiger partial charge in [-0.2, -0.15) is 0 Å². The Balaban J connectivity index is 0.978. The number of hydrogen-bond acceptors (Lipinski definition) is 2. The van der Waals surface area contributed by atoms with Crippen LogP contribution in [0.1, 0.15) is 306 Å². The zero-order valence-corrected chi connectivity index (χ0v) is 78.2. The normalized spacial score (nSPS) is 16.5. The van der Waals surface area contributed by atoms with Crippen molar-refractivity contribution in [3.8, 4) is 72.4 Å². The molecule has 126 heavy (non-hydrogen) atoms. The zero-order chi connectivity index (χ0) is 86.9. The topological polar surface area (TPSA) is 11.4 Å². The van der Waals surface area contributed by atoms with Crippen LogP contribution in [0, 0.1) is 0 Å². The number of para-hydroxylation sites is 3. The van der Waals surface area contributed by atoms with E-state index in [1.165, 1.54) is 318 Å². The van der Waals surface area contributed by atoms with E-state index in [0.717, 1.165) is 5.69 Å². The van der Waals surface area contributed by atoms with Crippen molar-refractivity contribution in [1.29, 1.82) is 0 Å². The highest BCUT2D eigenvalue weighted by atomic mass is 15.2. The lowest BCUT2D eigenvalue weighted by Crippen LogP contribution is -2.61. The average Bonchev–Trinajstić information content (AvgIpc) is 0.837. The lowest BCUT2D eigenvalue weighted by atomic mass is 9.33. The van der Waals surface area contributed by atoms with Crippen LogP contribution in [-0.2, 0) is 27.1 Å². The SMILES string of the molecule is CC(C)(C)c1cc(-c2ccc3c(c2)B2c4cc(-c5cc(C(C)(C)C)cc(C(C)(C)C)c5)ccc4N(c4c(-c5cccc(C6CCCCC6)c5)cccc4-c4cccc(C5CCCCC5)c4)c4cc(-n5c6ccccc6c6cc(C(C)(C)C)ccc65)cc(c42)N3c2c(-c3cccc(C4CCCCC4)c3)cccc2-c2cccc(C3CCCCC3)c2)cc(C(C)(C)C)c1. The van der Waals surface area contributed by atoms with Gasteiger partial charge in [-0.1, -0.05) is 399 Å². The molecule has 0 radical (unpaired) electrons. The van der Waals surface area contributed by atoms with Crippen LogP contribution < -0.4 is 26.2 Å². The second-order valence-corrected chi connectivity index (χ2v) is 44.2. The molecule has 0 N–H and O–H groups in total. The largest absolute Gasteiger partial charge is 0.310 e. The summed E-state index contributed by atoms with van der Waals surface area (Å²) in [5, 5.41) is 2.53. The van der Waals surface area contributed by atoms with E-state index in [0.29, 0.717) is 23.7 Å². The van der Waals surface area contributed by atoms with Crippen molar-refractivity contribution in [2.24, 2.45) is 0 Å². The van der Waals surface area contributed by atoms with Crippen molar-refractivity contribution in [3.63, 3.8) is 0 Å². The second kappa shape index (κ2) is 32.9. The molecule has 0 saturated heterocycles. The number of rotatable bonds is 13. The van der Waals surface area contributed by atoms with E-state index < -0.39 is 0 Å². The zero-order valence-electron chi connectivity index (χ0n) is 78.2. The first kappa shape index (κ1) is 83.5. The predicted octanol–water partition coefficient (Wildman–Crippen LogP) is 33.5. The summed E-state index contributed by atoms with van der Waals surface area (Å²) in [6.45, 7) is 35.6. The summed E-state index contributed by atoms with van der Waals surface area (Å²) in [5.41, 5.74) is 41.8. The number of anilines is 6. The smallest absolute Gasteiger partial charge is 0.252 e. The molecule has 0 atom stereocenters. The van der Waals surface area contributed by atoms with Gasteiger partial charge in [-0.3, -0.25) is 0 Å². The summed E-state index contributed by atoms with van der Waals surface area (Å²) < 4.78 is 2.67. The van der Waals surface area contributed by atoms with Crippen LogP contribution in [0.25, 0.3) is 94.3 Å². The van der Waals surface area contributed by atoms with Crippen molar-refractivity contribution >= 4 is 79.0 Å². The maximum atomic E-state index is 2.87. The standard InChI is InChI=1S/C122H132BN3/c1-118(2,3)95-60-63-110-106(76-95)105-52-28-29-57-109(105)124(110)100-77-113-115-114(78-100)126(117-103(91-50-32-46-85(66-91)81-40-24-18-25-41-81)55-35-56-104(117)92-51-33-47-86(67-92)82-42-26-19-27-43-82)112-62-59-88(94-70-98(121(10,11)12)75-99(71-94)122(13,14)15)73-108(112)123(115)107-72-87(93-68-96(119(4,5)6)74-97(69-93)120(7,8)9)58-61-111(107)125(113)116-101(89-48-30-44-83(64-89)79-36-20-16-21-37-79)53-34-54-102(116)90-49-31-45-84(65-90)80-38-22-17-23-39-80/h28-35,44-82H,16-27,36-43H2,1-15H3. The summed E-state index contributed by atoms with van der Waals surface area (Å²) in [6, 6.07) is 108. The third-order valence-electron chi connectivity index (χ3n) is 30.5. The molecule has 3 nitrogen and oxygen atoms in total. The van der Waals surface area contributed by atoms with Gasteiger partial charge in [-0.05, 0) is 256 Å². The number of fused-ring (bicyclic) bond motifs is 7. The fourth-order valence-corrected chi connectivity index (χ4v) is 23.1. The van der Waals surface area contributed by atoms with Crippen molar-refractivity contribution in [3.05, 3.63) is 311 Å². The number of aromatic nitrogens is 1. The molecule has 0 bridgehead atoms. The Labute approximate surface area is 754 Å². The molecule has 4 heteroatoms. The Morgan fingerprint density at radius 2 is 0.563 bits per heavy atom. The van der Waals surface area contributed by atoms with E-state index in [9.17, 15) is 0 Å². The van der Waals surface area contributed by atoms with E-state index in [4.69, 9.17) is 0 Å². The van der Waals surface area contributed by atoms with Crippen molar-refractivity contribution in [2.75, 3.05) is 9.80 Å². The third kappa shape index (κ3) is 15.7.